The van der Waals surface area contributed by atoms with Gasteiger partial charge >= 0.3 is 0 Å². The molecule has 0 aliphatic heterocycles. The first-order valence-electron chi connectivity index (χ1n) is 7.06. The fourth-order valence-electron chi connectivity index (χ4n) is 3.28. The SMILES string of the molecule is COC1(C)CC(NC(=O)C2(S(C)(=O)=O)CCC2)C1(C)C. The number of nitrogens with one attached hydrogen (secondary N) is 1. The molecule has 2 unspecified atom stereocenters. The van der Waals surface area contributed by atoms with Gasteiger partial charge in [0.25, 0.3) is 0 Å². The lowest BCUT2D eigenvalue weighted by Gasteiger charge is -2.59. The monoisotopic (exact) mass is 303 g/mol. The zero-order chi connectivity index (χ0) is 15.4. The molecule has 0 saturated heterocycles. The van der Waals surface area contributed by atoms with Crippen LogP contribution in [0.5, 0.6) is 0 Å². The molecule has 20 heavy (non-hydrogen) atoms. The van der Waals surface area contributed by atoms with Gasteiger partial charge in [0.05, 0.1) is 5.60 Å². The van der Waals surface area contributed by atoms with Gasteiger partial charge in [-0.2, -0.15) is 0 Å². The predicted molar refractivity (Wildman–Crippen MR) is 77.2 cm³/mol. The van der Waals surface area contributed by atoms with Crippen LogP contribution in [0.1, 0.15) is 46.5 Å². The Morgan fingerprint density at radius 2 is 1.80 bits per heavy atom. The zero-order valence-electron chi connectivity index (χ0n) is 12.9. The molecule has 6 heteroatoms. The second-order valence-corrected chi connectivity index (χ2v) is 9.33. The molecule has 0 aromatic carbocycles. The topological polar surface area (TPSA) is 72.5 Å². The van der Waals surface area contributed by atoms with Crippen molar-refractivity contribution in [1.29, 1.82) is 0 Å². The van der Waals surface area contributed by atoms with Crippen molar-refractivity contribution in [3.05, 3.63) is 0 Å². The minimum absolute atomic E-state index is 0.0424. The fraction of sp³-hybridized carbons (Fsp3) is 0.929. The third kappa shape index (κ3) is 1.91. The Morgan fingerprint density at radius 3 is 2.10 bits per heavy atom. The molecular weight excluding hydrogens is 278 g/mol. The number of rotatable bonds is 4. The Labute approximate surface area is 121 Å². The van der Waals surface area contributed by atoms with Crippen LogP contribution in [0.25, 0.3) is 0 Å². The van der Waals surface area contributed by atoms with Crippen molar-refractivity contribution in [3.63, 3.8) is 0 Å². The summed E-state index contributed by atoms with van der Waals surface area (Å²) in [5.74, 6) is -0.331. The van der Waals surface area contributed by atoms with E-state index < -0.39 is 14.6 Å². The summed E-state index contributed by atoms with van der Waals surface area (Å²) >= 11 is 0. The quantitative estimate of drug-likeness (QED) is 0.849. The van der Waals surface area contributed by atoms with Gasteiger partial charge in [0.1, 0.15) is 4.75 Å². The molecule has 2 rings (SSSR count). The first kappa shape index (κ1) is 15.8. The van der Waals surface area contributed by atoms with E-state index in [2.05, 4.69) is 5.32 Å². The van der Waals surface area contributed by atoms with Crippen LogP contribution in [0.4, 0.5) is 0 Å². The van der Waals surface area contributed by atoms with Crippen LogP contribution in [0.15, 0.2) is 0 Å². The Morgan fingerprint density at radius 1 is 1.25 bits per heavy atom. The molecule has 0 spiro atoms. The number of hydrogen-bond acceptors (Lipinski definition) is 4. The van der Waals surface area contributed by atoms with Gasteiger partial charge in [-0.1, -0.05) is 13.8 Å². The normalized spacial score (nSPS) is 34.8. The molecule has 0 radical (unpaired) electrons. The zero-order valence-corrected chi connectivity index (χ0v) is 13.8. The molecule has 5 nitrogen and oxygen atoms in total. The molecule has 0 heterocycles. The third-order valence-electron chi connectivity index (χ3n) is 5.87. The maximum Gasteiger partial charge on any atom is 0.241 e. The first-order valence-corrected chi connectivity index (χ1v) is 8.95. The molecular formula is C14H25NO4S. The van der Waals surface area contributed by atoms with Crippen LogP contribution >= 0.6 is 0 Å². The number of hydrogen-bond donors (Lipinski definition) is 1. The lowest BCUT2D eigenvalue weighted by molar-refractivity contribution is -0.183. The van der Waals surface area contributed by atoms with Crippen LogP contribution in [0.2, 0.25) is 0 Å². The highest BCUT2D eigenvalue weighted by atomic mass is 32.2. The van der Waals surface area contributed by atoms with Crippen molar-refractivity contribution in [3.8, 4) is 0 Å². The molecule has 0 aromatic heterocycles. The van der Waals surface area contributed by atoms with Crippen molar-refractivity contribution in [1.82, 2.24) is 5.32 Å². The smallest absolute Gasteiger partial charge is 0.241 e. The molecule has 116 valence electrons. The number of carbonyl (C=O) groups excluding carboxylic acids is 1. The van der Waals surface area contributed by atoms with Gasteiger partial charge < -0.3 is 10.1 Å². The number of sulfone groups is 1. The number of methoxy groups -OCH3 is 1. The van der Waals surface area contributed by atoms with Gasteiger partial charge in [0, 0.05) is 24.8 Å². The summed E-state index contributed by atoms with van der Waals surface area (Å²) in [5, 5.41) is 2.95. The number of carbonyl (C=O) groups is 1. The Bertz CT molecular complexity index is 521. The Hall–Kier alpha value is -0.620. The number of ether oxygens (including phenoxy) is 1. The highest BCUT2D eigenvalue weighted by molar-refractivity contribution is 7.93. The summed E-state index contributed by atoms with van der Waals surface area (Å²) in [4.78, 5) is 12.5. The highest BCUT2D eigenvalue weighted by Crippen LogP contribution is 2.52. The van der Waals surface area contributed by atoms with Crippen molar-refractivity contribution < 1.29 is 17.9 Å². The minimum atomic E-state index is -3.37. The van der Waals surface area contributed by atoms with E-state index in [9.17, 15) is 13.2 Å². The summed E-state index contributed by atoms with van der Waals surface area (Å²) < 4.78 is 28.2. The molecule has 2 atom stereocenters. The molecule has 1 amide bonds. The molecule has 2 aliphatic rings. The van der Waals surface area contributed by atoms with Crippen molar-refractivity contribution >= 4 is 15.7 Å². The van der Waals surface area contributed by atoms with Crippen LogP contribution < -0.4 is 5.32 Å². The summed E-state index contributed by atoms with van der Waals surface area (Å²) in [5.41, 5.74) is -0.483. The van der Waals surface area contributed by atoms with E-state index in [0.717, 1.165) is 12.7 Å². The van der Waals surface area contributed by atoms with E-state index in [-0.39, 0.29) is 23.0 Å². The Balaban J connectivity index is 2.11. The maximum absolute atomic E-state index is 12.5. The molecule has 1 N–H and O–H groups in total. The van der Waals surface area contributed by atoms with Crippen molar-refractivity contribution in [2.45, 2.75) is 62.8 Å². The predicted octanol–water partition coefficient (Wildman–Crippen LogP) is 1.27. The molecule has 0 bridgehead atoms. The van der Waals surface area contributed by atoms with Gasteiger partial charge in [-0.3, -0.25) is 4.79 Å². The van der Waals surface area contributed by atoms with E-state index in [1.54, 1.807) is 7.11 Å². The average molecular weight is 303 g/mol. The third-order valence-corrected chi connectivity index (χ3v) is 7.88. The van der Waals surface area contributed by atoms with E-state index >= 15 is 0 Å². The van der Waals surface area contributed by atoms with Crippen LogP contribution in [-0.2, 0) is 19.4 Å². The van der Waals surface area contributed by atoms with E-state index in [4.69, 9.17) is 4.74 Å². The van der Waals surface area contributed by atoms with Crippen LogP contribution in [-0.4, -0.2) is 44.1 Å². The van der Waals surface area contributed by atoms with Gasteiger partial charge in [0.2, 0.25) is 5.91 Å². The number of amides is 1. The average Bonchev–Trinajstić information content (AvgIpc) is 2.24. The minimum Gasteiger partial charge on any atom is -0.378 e. The summed E-state index contributed by atoms with van der Waals surface area (Å²) in [7, 11) is -1.70. The Kier molecular flexibility index (Phi) is 3.50. The molecule has 2 saturated carbocycles. The van der Waals surface area contributed by atoms with E-state index in [1.165, 1.54) is 0 Å². The van der Waals surface area contributed by atoms with Crippen LogP contribution in [0, 0.1) is 5.41 Å². The van der Waals surface area contributed by atoms with Crippen molar-refractivity contribution in [2.75, 3.05) is 13.4 Å². The second kappa shape index (κ2) is 4.44. The summed E-state index contributed by atoms with van der Waals surface area (Å²) in [6, 6.07) is -0.0424. The van der Waals surface area contributed by atoms with Gasteiger partial charge in [0.15, 0.2) is 9.84 Å². The standard InChI is InChI=1S/C14H25NO4S/c1-12(2)10(9-13(12,3)19-4)15-11(16)14(7-6-8-14)20(5,17)18/h10H,6-9H2,1-5H3,(H,15,16). The summed E-state index contributed by atoms with van der Waals surface area (Å²) in [6.45, 7) is 6.10. The largest absolute Gasteiger partial charge is 0.378 e. The van der Waals surface area contributed by atoms with Gasteiger partial charge in [-0.05, 0) is 32.6 Å². The summed E-state index contributed by atoms with van der Waals surface area (Å²) in [6.07, 6.45) is 3.54. The molecule has 2 aliphatic carbocycles. The maximum atomic E-state index is 12.5. The van der Waals surface area contributed by atoms with E-state index in [0.29, 0.717) is 19.3 Å². The van der Waals surface area contributed by atoms with Crippen LogP contribution in [0.3, 0.4) is 0 Å². The lowest BCUT2D eigenvalue weighted by Crippen LogP contribution is -2.71. The highest BCUT2D eigenvalue weighted by Gasteiger charge is 2.60. The van der Waals surface area contributed by atoms with Gasteiger partial charge in [-0.25, -0.2) is 8.42 Å². The van der Waals surface area contributed by atoms with Crippen molar-refractivity contribution in [2.24, 2.45) is 5.41 Å². The molecule has 2 fully saturated rings. The molecule has 0 aromatic rings. The first-order chi connectivity index (χ1) is 9.00. The van der Waals surface area contributed by atoms with Gasteiger partial charge in [-0.15, -0.1) is 0 Å². The fourth-order valence-corrected chi connectivity index (χ4v) is 4.70. The second-order valence-electron chi connectivity index (χ2n) is 7.01. The van der Waals surface area contributed by atoms with E-state index in [1.807, 2.05) is 20.8 Å². The lowest BCUT2D eigenvalue weighted by atomic mass is 9.55.